The van der Waals surface area contributed by atoms with E-state index in [-0.39, 0.29) is 0 Å². The first-order valence-corrected chi connectivity index (χ1v) is 15.4. The minimum Gasteiger partial charge on any atom is -0.255 e. The van der Waals surface area contributed by atoms with Crippen LogP contribution in [0.25, 0.3) is 87.8 Å². The fourth-order valence-electron chi connectivity index (χ4n) is 7.15. The number of pyridine rings is 3. The lowest BCUT2D eigenvalue weighted by molar-refractivity contribution is 1.22. The Morgan fingerprint density at radius 3 is 1.52 bits per heavy atom. The Balaban J connectivity index is 1.07. The number of hydrogen-bond acceptors (Lipinski definition) is 3. The Morgan fingerprint density at radius 2 is 0.935 bits per heavy atom. The lowest BCUT2D eigenvalue weighted by Crippen LogP contribution is -1.93. The van der Waals surface area contributed by atoms with Crippen LogP contribution in [0.5, 0.6) is 0 Å². The molecule has 46 heavy (non-hydrogen) atoms. The normalized spacial score (nSPS) is 11.7. The minimum absolute atomic E-state index is 0.812. The van der Waals surface area contributed by atoms with Gasteiger partial charge in [-0.1, -0.05) is 84.6 Å². The Hall–Kier alpha value is -6.37. The van der Waals surface area contributed by atoms with Crippen LogP contribution in [0.15, 0.2) is 140 Å². The van der Waals surface area contributed by atoms with Gasteiger partial charge in [-0.15, -0.1) is 0 Å². The van der Waals surface area contributed by atoms with E-state index in [1.807, 2.05) is 36.4 Å². The zero-order valence-corrected chi connectivity index (χ0v) is 24.6. The van der Waals surface area contributed by atoms with E-state index in [2.05, 4.69) is 113 Å². The number of aromatic nitrogens is 3. The molecule has 10 aromatic rings. The Morgan fingerprint density at radius 1 is 0.391 bits per heavy atom. The smallest absolute Gasteiger partial charge is 0.0900 e. The fourth-order valence-corrected chi connectivity index (χ4v) is 7.15. The molecule has 0 spiro atoms. The third kappa shape index (κ3) is 3.71. The van der Waals surface area contributed by atoms with Crippen molar-refractivity contribution in [1.29, 1.82) is 0 Å². The highest BCUT2D eigenvalue weighted by Crippen LogP contribution is 2.48. The summed E-state index contributed by atoms with van der Waals surface area (Å²) in [5.74, 6) is 7.03. The van der Waals surface area contributed by atoms with Gasteiger partial charge in [0.2, 0.25) is 0 Å². The van der Waals surface area contributed by atoms with Crippen LogP contribution in [0, 0.1) is 11.8 Å². The quantitative estimate of drug-likeness (QED) is 0.154. The van der Waals surface area contributed by atoms with Crippen molar-refractivity contribution in [3.8, 4) is 45.7 Å². The van der Waals surface area contributed by atoms with Gasteiger partial charge in [-0.2, -0.15) is 0 Å². The summed E-state index contributed by atoms with van der Waals surface area (Å²) in [6, 6.07) is 44.7. The third-order valence-corrected chi connectivity index (χ3v) is 9.26. The molecule has 3 nitrogen and oxygen atoms in total. The van der Waals surface area contributed by atoms with Crippen molar-refractivity contribution in [2.24, 2.45) is 0 Å². The minimum atomic E-state index is 0.812. The zero-order valence-electron chi connectivity index (χ0n) is 24.6. The van der Waals surface area contributed by atoms with Crippen LogP contribution >= 0.6 is 0 Å². The monoisotopic (exact) mass is 581 g/mol. The molecule has 0 amide bonds. The van der Waals surface area contributed by atoms with Gasteiger partial charge in [-0.3, -0.25) is 9.97 Å². The maximum Gasteiger partial charge on any atom is 0.0900 e. The van der Waals surface area contributed by atoms with Crippen molar-refractivity contribution < 1.29 is 0 Å². The molecular formula is C43H23N3. The van der Waals surface area contributed by atoms with E-state index in [0.717, 1.165) is 45.0 Å². The maximum absolute atomic E-state index is 4.91. The van der Waals surface area contributed by atoms with E-state index >= 15 is 0 Å². The first-order chi connectivity index (χ1) is 22.8. The molecule has 3 heterocycles. The maximum atomic E-state index is 4.91. The second kappa shape index (κ2) is 9.56. The molecule has 0 atom stereocenters. The second-order valence-electron chi connectivity index (χ2n) is 11.9. The standard InChI is InChI=1S/C43H23N3/c1-3-21-44-35(5-1)37-24-33(25-38(46-37)36-6-2-4-22-45-36)27-10-7-26(8-11-27)9-12-31-23-32-18-17-29-14-13-28-15-16-30-19-20-34(31)43-41(30)39(28)40(29)42(32)43/h1-8,10-11,13-25H. The molecule has 7 aromatic carbocycles. The summed E-state index contributed by atoms with van der Waals surface area (Å²) in [6.45, 7) is 0. The lowest BCUT2D eigenvalue weighted by atomic mass is 9.95. The van der Waals surface area contributed by atoms with Gasteiger partial charge in [-0.05, 0) is 120 Å². The highest BCUT2D eigenvalue weighted by Gasteiger charge is 2.21. The van der Waals surface area contributed by atoms with Crippen LogP contribution in [0.4, 0.5) is 0 Å². The van der Waals surface area contributed by atoms with Gasteiger partial charge < -0.3 is 0 Å². The molecule has 0 bridgehead atoms. The third-order valence-electron chi connectivity index (χ3n) is 9.26. The molecule has 3 aromatic heterocycles. The van der Waals surface area contributed by atoms with E-state index < -0.39 is 0 Å². The molecule has 0 saturated heterocycles. The summed E-state index contributed by atoms with van der Waals surface area (Å²) < 4.78 is 0. The fraction of sp³-hybridized carbons (Fsp3) is 0. The van der Waals surface area contributed by atoms with E-state index in [0.29, 0.717) is 0 Å². The van der Waals surface area contributed by atoms with Crippen molar-refractivity contribution in [1.82, 2.24) is 15.0 Å². The number of hydrogen-bond donors (Lipinski definition) is 0. The van der Waals surface area contributed by atoms with Gasteiger partial charge in [0, 0.05) is 23.5 Å². The van der Waals surface area contributed by atoms with Crippen LogP contribution in [0.1, 0.15) is 11.1 Å². The summed E-state index contributed by atoms with van der Waals surface area (Å²) in [4.78, 5) is 14.0. The van der Waals surface area contributed by atoms with Crippen LogP contribution in [-0.2, 0) is 0 Å². The SMILES string of the molecule is C(#Cc1cc2ccc3ccc4ccc5ccc1c1c5c4c3c21)c1ccc(-c2cc(-c3ccccn3)nc(-c3ccccn3)c2)cc1. The molecule has 210 valence electrons. The summed E-state index contributed by atoms with van der Waals surface area (Å²) >= 11 is 0. The Bertz CT molecular complexity index is 2670. The Kier molecular flexibility index (Phi) is 5.20. The van der Waals surface area contributed by atoms with E-state index in [1.165, 1.54) is 53.9 Å². The molecule has 10 rings (SSSR count). The topological polar surface area (TPSA) is 38.7 Å². The molecule has 0 aliphatic rings. The molecule has 0 unspecified atom stereocenters. The first kappa shape index (κ1) is 25.0. The molecule has 0 aliphatic heterocycles. The van der Waals surface area contributed by atoms with Gasteiger partial charge in [0.1, 0.15) is 0 Å². The highest BCUT2D eigenvalue weighted by atomic mass is 14.8. The largest absolute Gasteiger partial charge is 0.255 e. The number of benzene rings is 6. The van der Waals surface area contributed by atoms with Gasteiger partial charge >= 0.3 is 0 Å². The molecular weight excluding hydrogens is 558 g/mol. The van der Waals surface area contributed by atoms with Crippen LogP contribution in [0.2, 0.25) is 0 Å². The van der Waals surface area contributed by atoms with Gasteiger partial charge in [-0.25, -0.2) is 4.98 Å². The van der Waals surface area contributed by atoms with E-state index in [1.54, 1.807) is 12.4 Å². The number of rotatable bonds is 3. The van der Waals surface area contributed by atoms with Crippen molar-refractivity contribution in [3.63, 3.8) is 0 Å². The van der Waals surface area contributed by atoms with Gasteiger partial charge in [0.05, 0.1) is 22.8 Å². The summed E-state index contributed by atoms with van der Waals surface area (Å²) in [5, 5.41) is 13.2. The molecule has 0 radical (unpaired) electrons. The van der Waals surface area contributed by atoms with Crippen LogP contribution in [-0.4, -0.2) is 15.0 Å². The van der Waals surface area contributed by atoms with Crippen molar-refractivity contribution in [3.05, 3.63) is 151 Å². The average Bonchev–Trinajstić information content (AvgIpc) is 3.50. The number of nitrogens with zero attached hydrogens (tertiary/aromatic N) is 3. The van der Waals surface area contributed by atoms with Gasteiger partial charge in [0.25, 0.3) is 0 Å². The van der Waals surface area contributed by atoms with Crippen molar-refractivity contribution in [2.45, 2.75) is 0 Å². The average molecular weight is 582 g/mol. The predicted octanol–water partition coefficient (Wildman–Crippen LogP) is 10.4. The summed E-state index contributed by atoms with van der Waals surface area (Å²) in [7, 11) is 0. The molecule has 0 saturated carbocycles. The van der Waals surface area contributed by atoms with Crippen LogP contribution in [0.3, 0.4) is 0 Å². The molecule has 3 heteroatoms. The first-order valence-electron chi connectivity index (χ1n) is 15.4. The summed E-state index contributed by atoms with van der Waals surface area (Å²) in [5.41, 5.74) is 7.45. The summed E-state index contributed by atoms with van der Waals surface area (Å²) in [6.07, 6.45) is 3.59. The van der Waals surface area contributed by atoms with E-state index in [9.17, 15) is 0 Å². The molecule has 0 aliphatic carbocycles. The van der Waals surface area contributed by atoms with Crippen LogP contribution < -0.4 is 0 Å². The predicted molar refractivity (Wildman–Crippen MR) is 190 cm³/mol. The second-order valence-corrected chi connectivity index (χ2v) is 11.9. The van der Waals surface area contributed by atoms with E-state index in [4.69, 9.17) is 4.98 Å². The van der Waals surface area contributed by atoms with Crippen molar-refractivity contribution in [2.75, 3.05) is 0 Å². The van der Waals surface area contributed by atoms with Gasteiger partial charge in [0.15, 0.2) is 0 Å². The molecule has 0 N–H and O–H groups in total. The Labute approximate surface area is 264 Å². The highest BCUT2D eigenvalue weighted by molar-refractivity contribution is 6.44. The molecule has 0 fully saturated rings. The zero-order chi connectivity index (χ0) is 30.2. The van der Waals surface area contributed by atoms with Crippen molar-refractivity contribution >= 4 is 53.9 Å². The lowest BCUT2D eigenvalue weighted by Gasteiger charge is -2.09.